The molecule has 1 aromatic heterocycles. The van der Waals surface area contributed by atoms with Gasteiger partial charge in [-0.25, -0.2) is 9.37 Å². The lowest BCUT2D eigenvalue weighted by atomic mass is 10.1. The zero-order chi connectivity index (χ0) is 19.5. The summed E-state index contributed by atoms with van der Waals surface area (Å²) < 4.78 is 19.1. The van der Waals surface area contributed by atoms with Gasteiger partial charge in [0, 0.05) is 29.9 Å². The molecule has 1 N–H and O–H groups in total. The Morgan fingerprint density at radius 2 is 1.96 bits per heavy atom. The lowest BCUT2D eigenvalue weighted by molar-refractivity contribution is 0.314. The van der Waals surface area contributed by atoms with Crippen molar-refractivity contribution in [3.05, 3.63) is 42.2 Å². The van der Waals surface area contributed by atoms with Crippen LogP contribution in [0.3, 0.4) is 0 Å². The van der Waals surface area contributed by atoms with E-state index in [1.165, 1.54) is 31.5 Å². The van der Waals surface area contributed by atoms with Crippen molar-refractivity contribution < 1.29 is 9.13 Å². The summed E-state index contributed by atoms with van der Waals surface area (Å²) in [6.07, 6.45) is 5.05. The highest BCUT2D eigenvalue weighted by Gasteiger charge is 2.22. The van der Waals surface area contributed by atoms with Crippen LogP contribution < -0.4 is 10.1 Å². The van der Waals surface area contributed by atoms with Gasteiger partial charge in [-0.3, -0.25) is 0 Å². The van der Waals surface area contributed by atoms with Crippen molar-refractivity contribution >= 4 is 27.5 Å². The molecule has 0 bridgehead atoms. The van der Waals surface area contributed by atoms with Crippen LogP contribution in [0.4, 0.5) is 10.1 Å². The Hall–Kier alpha value is -2.40. The van der Waals surface area contributed by atoms with Gasteiger partial charge in [-0.15, -0.1) is 0 Å². The van der Waals surface area contributed by atoms with E-state index in [1.54, 1.807) is 7.11 Å². The van der Waals surface area contributed by atoms with Crippen molar-refractivity contribution in [1.29, 1.82) is 0 Å². The summed E-state index contributed by atoms with van der Waals surface area (Å²) in [5, 5.41) is 5.53. The zero-order valence-corrected chi connectivity index (χ0v) is 16.7. The number of nitrogens with zero attached hydrogens (tertiary/aromatic N) is 2. The smallest absolute Gasteiger partial charge is 0.125 e. The topological polar surface area (TPSA) is 37.4 Å². The predicted octanol–water partition coefficient (Wildman–Crippen LogP) is 5.07. The van der Waals surface area contributed by atoms with Crippen molar-refractivity contribution in [1.82, 2.24) is 9.88 Å². The molecule has 148 valence electrons. The maximum atomic E-state index is 13.7. The largest absolute Gasteiger partial charge is 0.497 e. The van der Waals surface area contributed by atoms with E-state index in [-0.39, 0.29) is 5.82 Å². The highest BCUT2D eigenvalue weighted by Crippen LogP contribution is 2.33. The van der Waals surface area contributed by atoms with Crippen LogP contribution in [0.1, 0.15) is 25.7 Å². The summed E-state index contributed by atoms with van der Waals surface area (Å²) in [4.78, 5) is 7.08. The molecule has 28 heavy (non-hydrogen) atoms. The molecule has 0 saturated heterocycles. The first kappa shape index (κ1) is 18.9. The number of anilines is 1. The van der Waals surface area contributed by atoms with Crippen LogP contribution in [0.5, 0.6) is 5.75 Å². The fourth-order valence-electron chi connectivity index (χ4n) is 3.77. The number of benzene rings is 2. The summed E-state index contributed by atoms with van der Waals surface area (Å²) in [5.41, 5.74) is 2.51. The third-order valence-corrected chi connectivity index (χ3v) is 5.48. The van der Waals surface area contributed by atoms with Gasteiger partial charge in [0.1, 0.15) is 11.6 Å². The highest BCUT2D eigenvalue weighted by atomic mass is 19.1. The first-order valence-electron chi connectivity index (χ1n) is 10.1. The number of rotatable bonds is 9. The van der Waals surface area contributed by atoms with E-state index in [0.717, 1.165) is 59.6 Å². The Morgan fingerprint density at radius 3 is 2.75 bits per heavy atom. The first-order valence-corrected chi connectivity index (χ1v) is 10.1. The Balaban J connectivity index is 1.51. The lowest BCUT2D eigenvalue weighted by Crippen LogP contribution is -2.22. The van der Waals surface area contributed by atoms with Gasteiger partial charge in [0.25, 0.3) is 0 Å². The number of fused-ring (bicyclic) bond motifs is 2. The molecule has 0 spiro atoms. The lowest BCUT2D eigenvalue weighted by Gasteiger charge is -2.17. The third-order valence-electron chi connectivity index (χ3n) is 5.48. The molecule has 5 heteroatoms. The number of aromatic nitrogens is 1. The fourth-order valence-corrected chi connectivity index (χ4v) is 3.77. The SMILES string of the molecule is COc1ccc2nc3cc(F)ccc3c(NCCCCN(C)CC3CC3)c2c1. The fraction of sp³-hybridized carbons (Fsp3) is 0.435. The molecule has 0 atom stereocenters. The van der Waals surface area contributed by atoms with Crippen molar-refractivity contribution in [3.63, 3.8) is 0 Å². The quantitative estimate of drug-likeness (QED) is 0.415. The predicted molar refractivity (Wildman–Crippen MR) is 114 cm³/mol. The van der Waals surface area contributed by atoms with E-state index in [1.807, 2.05) is 24.3 Å². The maximum Gasteiger partial charge on any atom is 0.125 e. The molecular weight excluding hydrogens is 353 g/mol. The number of nitrogens with one attached hydrogen (secondary N) is 1. The number of unbranched alkanes of at least 4 members (excludes halogenated alkanes) is 1. The molecular formula is C23H28FN3O. The number of halogens is 1. The van der Waals surface area contributed by atoms with Crippen LogP contribution in [-0.2, 0) is 0 Å². The van der Waals surface area contributed by atoms with Gasteiger partial charge >= 0.3 is 0 Å². The van der Waals surface area contributed by atoms with Gasteiger partial charge in [0.15, 0.2) is 0 Å². The normalized spacial score (nSPS) is 14.1. The Labute approximate surface area is 165 Å². The molecule has 1 aliphatic rings. The van der Waals surface area contributed by atoms with Gasteiger partial charge in [-0.2, -0.15) is 0 Å². The minimum Gasteiger partial charge on any atom is -0.497 e. The van der Waals surface area contributed by atoms with E-state index >= 15 is 0 Å². The monoisotopic (exact) mass is 381 g/mol. The van der Waals surface area contributed by atoms with Crippen molar-refractivity contribution in [2.45, 2.75) is 25.7 Å². The molecule has 1 saturated carbocycles. The van der Waals surface area contributed by atoms with E-state index in [4.69, 9.17) is 4.74 Å². The molecule has 0 amide bonds. The van der Waals surface area contributed by atoms with Crippen LogP contribution in [0, 0.1) is 11.7 Å². The van der Waals surface area contributed by atoms with Crippen LogP contribution in [0.15, 0.2) is 36.4 Å². The number of methoxy groups -OCH3 is 1. The molecule has 0 unspecified atom stereocenters. The summed E-state index contributed by atoms with van der Waals surface area (Å²) >= 11 is 0. The molecule has 0 aliphatic heterocycles. The highest BCUT2D eigenvalue weighted by molar-refractivity contribution is 6.07. The van der Waals surface area contributed by atoms with E-state index in [0.29, 0.717) is 5.52 Å². The molecule has 4 rings (SSSR count). The number of ether oxygens (including phenoxy) is 1. The zero-order valence-electron chi connectivity index (χ0n) is 16.7. The molecule has 1 heterocycles. The van der Waals surface area contributed by atoms with Crippen molar-refractivity contribution in [2.24, 2.45) is 5.92 Å². The average molecular weight is 381 g/mol. The number of pyridine rings is 1. The van der Waals surface area contributed by atoms with Crippen LogP contribution in [-0.4, -0.2) is 43.7 Å². The summed E-state index contributed by atoms with van der Waals surface area (Å²) in [6, 6.07) is 10.6. The van der Waals surface area contributed by atoms with Crippen molar-refractivity contribution in [3.8, 4) is 5.75 Å². The van der Waals surface area contributed by atoms with E-state index in [2.05, 4.69) is 22.2 Å². The Bertz CT molecular complexity index is 971. The molecule has 0 radical (unpaired) electrons. The van der Waals surface area contributed by atoms with Crippen LogP contribution >= 0.6 is 0 Å². The Morgan fingerprint density at radius 1 is 1.11 bits per heavy atom. The summed E-state index contributed by atoms with van der Waals surface area (Å²) in [5.74, 6) is 1.46. The van der Waals surface area contributed by atoms with Crippen LogP contribution in [0.25, 0.3) is 21.8 Å². The maximum absolute atomic E-state index is 13.7. The standard InChI is InChI=1S/C23H28FN3O/c1-27(15-16-5-6-16)12-4-3-11-25-23-19-9-7-17(24)13-22(19)26-21-10-8-18(28-2)14-20(21)23/h7-10,13-14,16H,3-6,11-12,15H2,1-2H3,(H,25,26). The first-order chi connectivity index (χ1) is 13.6. The second-order valence-electron chi connectivity index (χ2n) is 7.87. The van der Waals surface area contributed by atoms with Gasteiger partial charge in [-0.1, -0.05) is 0 Å². The molecule has 1 aliphatic carbocycles. The molecule has 4 nitrogen and oxygen atoms in total. The number of hydrogen-bond donors (Lipinski definition) is 1. The number of hydrogen-bond acceptors (Lipinski definition) is 4. The van der Waals surface area contributed by atoms with Gasteiger partial charge < -0.3 is 15.0 Å². The average Bonchev–Trinajstić information content (AvgIpc) is 3.50. The molecule has 3 aromatic rings. The second-order valence-corrected chi connectivity index (χ2v) is 7.87. The van der Waals surface area contributed by atoms with Gasteiger partial charge in [0.2, 0.25) is 0 Å². The third kappa shape index (κ3) is 4.36. The van der Waals surface area contributed by atoms with Gasteiger partial charge in [-0.05, 0) is 75.5 Å². The van der Waals surface area contributed by atoms with E-state index in [9.17, 15) is 4.39 Å². The Kier molecular flexibility index (Phi) is 5.62. The van der Waals surface area contributed by atoms with Crippen LogP contribution in [0.2, 0.25) is 0 Å². The van der Waals surface area contributed by atoms with E-state index < -0.39 is 0 Å². The minimum atomic E-state index is -0.266. The molecule has 1 fully saturated rings. The van der Waals surface area contributed by atoms with Crippen molar-refractivity contribution in [2.75, 3.05) is 39.1 Å². The summed E-state index contributed by atoms with van der Waals surface area (Å²) in [6.45, 7) is 3.24. The second kappa shape index (κ2) is 8.31. The summed E-state index contributed by atoms with van der Waals surface area (Å²) in [7, 11) is 3.88. The molecule has 2 aromatic carbocycles. The van der Waals surface area contributed by atoms with Gasteiger partial charge in [0.05, 0.1) is 23.8 Å². The minimum absolute atomic E-state index is 0.266.